The van der Waals surface area contributed by atoms with E-state index in [1.54, 1.807) is 12.1 Å². The van der Waals surface area contributed by atoms with Gasteiger partial charge in [-0.2, -0.15) is 0 Å². The molecule has 2 aromatic rings. The van der Waals surface area contributed by atoms with Gasteiger partial charge in [0.2, 0.25) is 0 Å². The van der Waals surface area contributed by atoms with Crippen LogP contribution in [-0.2, 0) is 9.53 Å². The second-order valence-electron chi connectivity index (χ2n) is 6.63. The van der Waals surface area contributed by atoms with Gasteiger partial charge in [-0.05, 0) is 48.7 Å². The van der Waals surface area contributed by atoms with Crippen molar-refractivity contribution in [2.75, 3.05) is 19.8 Å². The van der Waals surface area contributed by atoms with E-state index in [-0.39, 0.29) is 18.6 Å². The Morgan fingerprint density at radius 1 is 1.26 bits per heavy atom. The number of aliphatic carboxylic acids is 1. The predicted molar refractivity (Wildman–Crippen MR) is 100 cm³/mol. The number of amides is 1. The molecule has 2 unspecified atom stereocenters. The standard InChI is InChI=1S/C21H23NO5/c1-14(15-5-7-19(8-6-15)27-13-20(23)24)22-21(25)17-4-2-3-16(11-17)18-9-10-26-12-18/h2-8,11,14,18H,9-10,12-13H2,1H3,(H,22,25)(H,23,24). The van der Waals surface area contributed by atoms with Crippen LogP contribution in [0.4, 0.5) is 0 Å². The van der Waals surface area contributed by atoms with Gasteiger partial charge >= 0.3 is 5.97 Å². The van der Waals surface area contributed by atoms with Gasteiger partial charge in [-0.3, -0.25) is 4.79 Å². The molecule has 0 saturated carbocycles. The summed E-state index contributed by atoms with van der Waals surface area (Å²) in [6, 6.07) is 14.5. The number of carbonyl (C=O) groups excluding carboxylic acids is 1. The van der Waals surface area contributed by atoms with E-state index >= 15 is 0 Å². The molecule has 6 heteroatoms. The third kappa shape index (κ3) is 5.08. The van der Waals surface area contributed by atoms with Crippen molar-refractivity contribution in [2.45, 2.75) is 25.3 Å². The number of carboxylic acid groups (broad SMARTS) is 1. The fourth-order valence-corrected chi connectivity index (χ4v) is 3.09. The van der Waals surface area contributed by atoms with Crippen LogP contribution in [0.1, 0.15) is 46.8 Å². The Morgan fingerprint density at radius 2 is 2.04 bits per heavy atom. The van der Waals surface area contributed by atoms with Gasteiger partial charge in [0, 0.05) is 18.1 Å². The lowest BCUT2D eigenvalue weighted by molar-refractivity contribution is -0.139. The highest BCUT2D eigenvalue weighted by Gasteiger charge is 2.19. The first-order valence-electron chi connectivity index (χ1n) is 8.96. The second kappa shape index (κ2) is 8.68. The number of nitrogens with one attached hydrogen (secondary N) is 1. The van der Waals surface area contributed by atoms with Gasteiger partial charge in [-0.15, -0.1) is 0 Å². The van der Waals surface area contributed by atoms with E-state index in [2.05, 4.69) is 5.32 Å². The van der Waals surface area contributed by atoms with Crippen LogP contribution in [0.2, 0.25) is 0 Å². The number of ether oxygens (including phenoxy) is 2. The highest BCUT2D eigenvalue weighted by atomic mass is 16.5. The van der Waals surface area contributed by atoms with Crippen molar-refractivity contribution in [3.63, 3.8) is 0 Å². The monoisotopic (exact) mass is 369 g/mol. The number of rotatable bonds is 7. The zero-order valence-electron chi connectivity index (χ0n) is 15.2. The summed E-state index contributed by atoms with van der Waals surface area (Å²) in [6.07, 6.45) is 0.984. The summed E-state index contributed by atoms with van der Waals surface area (Å²) in [5, 5.41) is 11.6. The molecule has 0 spiro atoms. The van der Waals surface area contributed by atoms with Gasteiger partial charge in [0.1, 0.15) is 5.75 Å². The van der Waals surface area contributed by atoms with Crippen molar-refractivity contribution in [3.05, 3.63) is 65.2 Å². The topological polar surface area (TPSA) is 84.9 Å². The minimum absolute atomic E-state index is 0.130. The molecule has 1 aliphatic rings. The van der Waals surface area contributed by atoms with E-state index in [0.29, 0.717) is 23.8 Å². The number of benzene rings is 2. The molecule has 1 fully saturated rings. The first-order valence-corrected chi connectivity index (χ1v) is 8.96. The SMILES string of the molecule is CC(NC(=O)c1cccc(C2CCOC2)c1)c1ccc(OCC(=O)O)cc1. The first kappa shape index (κ1) is 18.9. The number of carboxylic acids is 1. The molecule has 0 bridgehead atoms. The number of hydrogen-bond acceptors (Lipinski definition) is 4. The van der Waals surface area contributed by atoms with Crippen LogP contribution in [0, 0.1) is 0 Å². The highest BCUT2D eigenvalue weighted by molar-refractivity contribution is 5.94. The van der Waals surface area contributed by atoms with Gasteiger partial charge < -0.3 is 19.9 Å². The Kier molecular flexibility index (Phi) is 6.08. The second-order valence-corrected chi connectivity index (χ2v) is 6.63. The molecule has 2 aromatic carbocycles. The molecule has 142 valence electrons. The van der Waals surface area contributed by atoms with Gasteiger partial charge in [-0.1, -0.05) is 24.3 Å². The lowest BCUT2D eigenvalue weighted by Crippen LogP contribution is -2.26. The van der Waals surface area contributed by atoms with E-state index in [0.717, 1.165) is 24.2 Å². The van der Waals surface area contributed by atoms with E-state index < -0.39 is 5.97 Å². The normalized spacial score (nSPS) is 17.3. The Hall–Kier alpha value is -2.86. The molecule has 2 N–H and O–H groups in total. The quantitative estimate of drug-likeness (QED) is 0.783. The van der Waals surface area contributed by atoms with Crippen molar-refractivity contribution >= 4 is 11.9 Å². The molecule has 27 heavy (non-hydrogen) atoms. The van der Waals surface area contributed by atoms with Crippen molar-refractivity contribution in [1.82, 2.24) is 5.32 Å². The molecule has 0 radical (unpaired) electrons. The Bertz CT molecular complexity index is 796. The highest BCUT2D eigenvalue weighted by Crippen LogP contribution is 2.26. The van der Waals surface area contributed by atoms with Crippen molar-refractivity contribution in [3.8, 4) is 5.75 Å². The minimum atomic E-state index is -1.02. The van der Waals surface area contributed by atoms with Crippen molar-refractivity contribution in [1.29, 1.82) is 0 Å². The van der Waals surface area contributed by atoms with Crippen LogP contribution in [0.5, 0.6) is 5.75 Å². The molecule has 1 heterocycles. The molecule has 1 aliphatic heterocycles. The smallest absolute Gasteiger partial charge is 0.341 e. The van der Waals surface area contributed by atoms with Crippen LogP contribution in [0.15, 0.2) is 48.5 Å². The van der Waals surface area contributed by atoms with Gasteiger partial charge in [0.15, 0.2) is 6.61 Å². The maximum Gasteiger partial charge on any atom is 0.341 e. The Labute approximate surface area is 158 Å². The maximum absolute atomic E-state index is 12.6. The largest absolute Gasteiger partial charge is 0.482 e. The summed E-state index contributed by atoms with van der Waals surface area (Å²) in [6.45, 7) is 3.00. The van der Waals surface area contributed by atoms with E-state index in [1.165, 1.54) is 0 Å². The molecule has 2 atom stereocenters. The molecule has 1 amide bonds. The molecular formula is C21H23NO5. The lowest BCUT2D eigenvalue weighted by atomic mass is 9.96. The summed E-state index contributed by atoms with van der Waals surface area (Å²) in [7, 11) is 0. The van der Waals surface area contributed by atoms with Gasteiger partial charge in [-0.25, -0.2) is 4.79 Å². The molecular weight excluding hydrogens is 346 g/mol. The summed E-state index contributed by atoms with van der Waals surface area (Å²) in [4.78, 5) is 23.1. The van der Waals surface area contributed by atoms with Crippen LogP contribution < -0.4 is 10.1 Å². The molecule has 1 saturated heterocycles. The molecule has 0 aliphatic carbocycles. The fourth-order valence-electron chi connectivity index (χ4n) is 3.09. The number of carbonyl (C=O) groups is 2. The summed E-state index contributed by atoms with van der Waals surface area (Å²) in [5.41, 5.74) is 2.67. The van der Waals surface area contributed by atoms with Gasteiger partial charge in [0.25, 0.3) is 5.91 Å². The fraction of sp³-hybridized carbons (Fsp3) is 0.333. The van der Waals surface area contributed by atoms with E-state index in [9.17, 15) is 9.59 Å². The van der Waals surface area contributed by atoms with Crippen LogP contribution in [0.3, 0.4) is 0 Å². The van der Waals surface area contributed by atoms with E-state index in [1.807, 2.05) is 43.3 Å². The summed E-state index contributed by atoms with van der Waals surface area (Å²) in [5.74, 6) is -0.319. The third-order valence-electron chi connectivity index (χ3n) is 4.64. The summed E-state index contributed by atoms with van der Waals surface area (Å²) >= 11 is 0. The van der Waals surface area contributed by atoms with Crippen LogP contribution in [-0.4, -0.2) is 36.8 Å². The zero-order valence-corrected chi connectivity index (χ0v) is 15.2. The Morgan fingerprint density at radius 3 is 2.70 bits per heavy atom. The number of hydrogen-bond donors (Lipinski definition) is 2. The lowest BCUT2D eigenvalue weighted by Gasteiger charge is -2.16. The van der Waals surface area contributed by atoms with E-state index in [4.69, 9.17) is 14.6 Å². The van der Waals surface area contributed by atoms with Crippen LogP contribution in [0.25, 0.3) is 0 Å². The van der Waals surface area contributed by atoms with Crippen molar-refractivity contribution < 1.29 is 24.2 Å². The summed E-state index contributed by atoms with van der Waals surface area (Å²) < 4.78 is 10.5. The average Bonchev–Trinajstić information content (AvgIpc) is 3.21. The minimum Gasteiger partial charge on any atom is -0.482 e. The predicted octanol–water partition coefficient (Wildman–Crippen LogP) is 3.14. The zero-order chi connectivity index (χ0) is 19.2. The Balaban J connectivity index is 1.61. The molecule has 6 nitrogen and oxygen atoms in total. The third-order valence-corrected chi connectivity index (χ3v) is 4.64. The van der Waals surface area contributed by atoms with Crippen LogP contribution >= 0.6 is 0 Å². The molecule has 3 rings (SSSR count). The first-order chi connectivity index (χ1) is 13.0. The maximum atomic E-state index is 12.6. The van der Waals surface area contributed by atoms with Crippen molar-refractivity contribution in [2.24, 2.45) is 0 Å². The van der Waals surface area contributed by atoms with Gasteiger partial charge in [0.05, 0.1) is 12.6 Å². The average molecular weight is 369 g/mol. The molecule has 0 aromatic heterocycles.